The van der Waals surface area contributed by atoms with E-state index in [-0.39, 0.29) is 12.3 Å². The molecule has 4 heterocycles. The minimum Gasteiger partial charge on any atom is -0.493 e. The Morgan fingerprint density at radius 3 is 2.97 bits per heavy atom. The number of pyridine rings is 1. The van der Waals surface area contributed by atoms with Gasteiger partial charge in [-0.05, 0) is 76.2 Å². The molecule has 0 saturated heterocycles. The van der Waals surface area contributed by atoms with Crippen molar-refractivity contribution in [1.82, 2.24) is 4.98 Å². The number of carboxylic acid groups (broad SMARTS) is 1. The number of aryl methyl sites for hydroxylation is 1. The highest BCUT2D eigenvalue weighted by molar-refractivity contribution is 7.17. The van der Waals surface area contributed by atoms with Crippen molar-refractivity contribution in [2.24, 2.45) is 0 Å². The summed E-state index contributed by atoms with van der Waals surface area (Å²) in [6.45, 7) is 2.22. The van der Waals surface area contributed by atoms with Crippen LogP contribution < -0.4 is 14.8 Å². The van der Waals surface area contributed by atoms with Crippen molar-refractivity contribution in [2.45, 2.75) is 38.0 Å². The van der Waals surface area contributed by atoms with Gasteiger partial charge in [0.15, 0.2) is 0 Å². The Morgan fingerprint density at radius 1 is 1.14 bits per heavy atom. The molecule has 1 atom stereocenters. The molecule has 0 fully saturated rings. The van der Waals surface area contributed by atoms with Crippen molar-refractivity contribution < 1.29 is 19.4 Å². The number of rotatable bonds is 8. The van der Waals surface area contributed by atoms with Gasteiger partial charge in [0.2, 0.25) is 0 Å². The lowest BCUT2D eigenvalue weighted by Crippen LogP contribution is -2.14. The second-order valence-corrected chi connectivity index (χ2v) is 10.3. The summed E-state index contributed by atoms with van der Waals surface area (Å²) in [5.41, 5.74) is 5.51. The van der Waals surface area contributed by atoms with Gasteiger partial charge in [0.1, 0.15) is 17.3 Å². The van der Waals surface area contributed by atoms with Gasteiger partial charge in [-0.1, -0.05) is 18.2 Å². The van der Waals surface area contributed by atoms with E-state index < -0.39 is 5.97 Å². The zero-order valence-corrected chi connectivity index (χ0v) is 20.8. The van der Waals surface area contributed by atoms with Gasteiger partial charge in [-0.25, -0.2) is 4.98 Å². The quantitative estimate of drug-likeness (QED) is 0.317. The number of carboxylic acids is 1. The molecular formula is C29H28N2O4S. The number of carbonyl (C=O) groups is 1. The highest BCUT2D eigenvalue weighted by atomic mass is 32.1. The Hall–Kier alpha value is -3.58. The van der Waals surface area contributed by atoms with Crippen molar-refractivity contribution >= 4 is 33.2 Å². The van der Waals surface area contributed by atoms with E-state index in [4.69, 9.17) is 14.5 Å². The number of hydrogen-bond donors (Lipinski definition) is 2. The molecule has 2 N–H and O–H groups in total. The first kappa shape index (κ1) is 22.9. The number of aliphatic carboxylic acids is 1. The number of aromatic nitrogens is 1. The number of anilines is 1. The van der Waals surface area contributed by atoms with Gasteiger partial charge in [-0.2, -0.15) is 0 Å². The van der Waals surface area contributed by atoms with Crippen LogP contribution in [0.1, 0.15) is 46.7 Å². The maximum atomic E-state index is 11.8. The van der Waals surface area contributed by atoms with Crippen LogP contribution in [0.15, 0.2) is 53.9 Å². The number of fused-ring (bicyclic) bond motifs is 3. The molecule has 7 heteroatoms. The molecule has 184 valence electrons. The number of ether oxygens (including phenoxy) is 2. The van der Waals surface area contributed by atoms with Crippen LogP contribution in [0.2, 0.25) is 0 Å². The standard InChI is InChI=1S/C29H28N2O4S/c32-28(33)16-24(20-4-3-18-9-12-35-26(18)14-20)25-17-36-27-15-22(7-8-23(25)27)34-13-10-21-6-5-19-2-1-11-30-29(19)31-21/h3-8,14-15,17,24H,1-2,9-13,16H2,(H,30,31)(H,32,33). The van der Waals surface area contributed by atoms with E-state index in [2.05, 4.69) is 41.0 Å². The molecule has 0 bridgehead atoms. The van der Waals surface area contributed by atoms with Crippen LogP contribution >= 0.6 is 11.3 Å². The summed E-state index contributed by atoms with van der Waals surface area (Å²) in [6, 6.07) is 16.5. The lowest BCUT2D eigenvalue weighted by atomic mass is 9.87. The van der Waals surface area contributed by atoms with Crippen molar-refractivity contribution in [3.05, 3.63) is 81.9 Å². The number of nitrogens with one attached hydrogen (secondary N) is 1. The monoisotopic (exact) mass is 500 g/mol. The second-order valence-electron chi connectivity index (χ2n) is 9.40. The Balaban J connectivity index is 1.19. The smallest absolute Gasteiger partial charge is 0.304 e. The number of nitrogens with zero attached hydrogens (tertiary/aromatic N) is 1. The molecule has 0 saturated carbocycles. The molecule has 2 aromatic carbocycles. The third kappa shape index (κ3) is 4.63. The predicted octanol–water partition coefficient (Wildman–Crippen LogP) is 5.82. The number of hydrogen-bond acceptors (Lipinski definition) is 6. The molecule has 0 aliphatic carbocycles. The Bertz CT molecular complexity index is 1430. The van der Waals surface area contributed by atoms with E-state index in [9.17, 15) is 9.90 Å². The van der Waals surface area contributed by atoms with Crippen LogP contribution in [0.25, 0.3) is 10.1 Å². The minimum atomic E-state index is -0.813. The van der Waals surface area contributed by atoms with Gasteiger partial charge >= 0.3 is 5.97 Å². The van der Waals surface area contributed by atoms with Crippen molar-refractivity contribution in [3.8, 4) is 11.5 Å². The fourth-order valence-electron chi connectivity index (χ4n) is 5.15. The largest absolute Gasteiger partial charge is 0.493 e. The Kier molecular flexibility index (Phi) is 6.23. The maximum absolute atomic E-state index is 11.8. The number of thiophene rings is 1. The fourth-order valence-corrected chi connectivity index (χ4v) is 6.19. The topological polar surface area (TPSA) is 80.7 Å². The van der Waals surface area contributed by atoms with Crippen LogP contribution in [0.4, 0.5) is 5.82 Å². The third-order valence-corrected chi connectivity index (χ3v) is 8.00. The lowest BCUT2D eigenvalue weighted by molar-refractivity contribution is -0.137. The zero-order chi connectivity index (χ0) is 24.5. The highest BCUT2D eigenvalue weighted by Gasteiger charge is 2.24. The van der Waals surface area contributed by atoms with E-state index in [0.29, 0.717) is 13.2 Å². The van der Waals surface area contributed by atoms with Crippen LogP contribution in [-0.2, 0) is 24.1 Å². The first-order valence-electron chi connectivity index (χ1n) is 12.5. The van der Waals surface area contributed by atoms with E-state index in [1.165, 1.54) is 11.1 Å². The molecule has 1 unspecified atom stereocenters. The molecule has 2 aliphatic heterocycles. The fraction of sp³-hybridized carbons (Fsp3) is 0.310. The summed E-state index contributed by atoms with van der Waals surface area (Å²) in [5.74, 6) is 1.65. The zero-order valence-electron chi connectivity index (χ0n) is 20.0. The van der Waals surface area contributed by atoms with Gasteiger partial charge in [0.25, 0.3) is 0 Å². The summed E-state index contributed by atoms with van der Waals surface area (Å²) >= 11 is 1.62. The molecule has 6 nitrogen and oxygen atoms in total. The van der Waals surface area contributed by atoms with Gasteiger partial charge in [-0.15, -0.1) is 11.3 Å². The van der Waals surface area contributed by atoms with Gasteiger partial charge in [0, 0.05) is 35.7 Å². The molecular weight excluding hydrogens is 472 g/mol. The van der Waals surface area contributed by atoms with E-state index in [1.54, 1.807) is 11.3 Å². The third-order valence-electron chi connectivity index (χ3n) is 7.03. The van der Waals surface area contributed by atoms with E-state index >= 15 is 0 Å². The van der Waals surface area contributed by atoms with Crippen LogP contribution in [0.3, 0.4) is 0 Å². The molecule has 0 amide bonds. The van der Waals surface area contributed by atoms with Gasteiger partial charge in [-0.3, -0.25) is 4.79 Å². The average molecular weight is 501 g/mol. The van der Waals surface area contributed by atoms with Crippen LogP contribution in [0, 0.1) is 0 Å². The highest BCUT2D eigenvalue weighted by Crippen LogP contribution is 2.40. The molecule has 6 rings (SSSR count). The van der Waals surface area contributed by atoms with E-state index in [0.717, 1.165) is 76.5 Å². The molecule has 2 aromatic heterocycles. The van der Waals surface area contributed by atoms with Crippen molar-refractivity contribution in [2.75, 3.05) is 25.1 Å². The van der Waals surface area contributed by atoms with Gasteiger partial charge in [0.05, 0.1) is 19.6 Å². The predicted molar refractivity (Wildman–Crippen MR) is 142 cm³/mol. The van der Waals surface area contributed by atoms with Gasteiger partial charge < -0.3 is 19.9 Å². The van der Waals surface area contributed by atoms with E-state index in [1.807, 2.05) is 18.2 Å². The Labute approximate surface area is 213 Å². The lowest BCUT2D eigenvalue weighted by Gasteiger charge is -2.17. The summed E-state index contributed by atoms with van der Waals surface area (Å²) < 4.78 is 12.9. The first-order chi connectivity index (χ1) is 17.6. The first-order valence-corrected chi connectivity index (χ1v) is 13.4. The summed E-state index contributed by atoms with van der Waals surface area (Å²) in [6.07, 6.45) is 3.92. The molecule has 4 aromatic rings. The van der Waals surface area contributed by atoms with Crippen LogP contribution in [-0.4, -0.2) is 35.8 Å². The second kappa shape index (κ2) is 9.82. The van der Waals surface area contributed by atoms with Crippen molar-refractivity contribution in [1.29, 1.82) is 0 Å². The number of benzene rings is 2. The maximum Gasteiger partial charge on any atom is 0.304 e. The van der Waals surface area contributed by atoms with Crippen LogP contribution in [0.5, 0.6) is 11.5 Å². The SMILES string of the molecule is O=C(O)CC(c1ccc2c(c1)OCC2)c1csc2cc(OCCc3ccc4c(n3)NCCC4)ccc12. The molecule has 0 radical (unpaired) electrons. The summed E-state index contributed by atoms with van der Waals surface area (Å²) in [5, 5.41) is 16.2. The molecule has 2 aliphatic rings. The van der Waals surface area contributed by atoms with Crippen molar-refractivity contribution in [3.63, 3.8) is 0 Å². The normalized spacial score (nSPS) is 15.0. The average Bonchev–Trinajstić information content (AvgIpc) is 3.53. The molecule has 36 heavy (non-hydrogen) atoms. The minimum absolute atomic E-state index is 0.0332. The summed E-state index contributed by atoms with van der Waals surface area (Å²) in [4.78, 5) is 16.5. The Morgan fingerprint density at radius 2 is 2.06 bits per heavy atom. The summed E-state index contributed by atoms with van der Waals surface area (Å²) in [7, 11) is 0. The molecule has 0 spiro atoms.